The van der Waals surface area contributed by atoms with Crippen LogP contribution in [0.3, 0.4) is 0 Å². The average Bonchev–Trinajstić information content (AvgIpc) is 2.96. The molecule has 4 nitrogen and oxygen atoms in total. The van der Waals surface area contributed by atoms with Crippen LogP contribution in [0.4, 0.5) is 5.69 Å². The third-order valence-electron chi connectivity index (χ3n) is 4.75. The van der Waals surface area contributed by atoms with Gasteiger partial charge in [-0.3, -0.25) is 9.59 Å². The molecule has 0 saturated carbocycles. The fourth-order valence-corrected chi connectivity index (χ4v) is 3.34. The Bertz CT molecular complexity index is 1020. The van der Waals surface area contributed by atoms with Gasteiger partial charge in [-0.2, -0.15) is 0 Å². The molecule has 0 saturated heterocycles. The topological polar surface area (TPSA) is 58.2 Å². The molecule has 3 aromatic rings. The fourth-order valence-electron chi connectivity index (χ4n) is 3.34. The Morgan fingerprint density at radius 2 is 1.56 bits per heavy atom. The summed E-state index contributed by atoms with van der Waals surface area (Å²) >= 11 is 0. The maximum absolute atomic E-state index is 12.6. The van der Waals surface area contributed by atoms with E-state index in [0.29, 0.717) is 17.8 Å². The first-order chi connectivity index (χ1) is 13.1. The summed E-state index contributed by atoms with van der Waals surface area (Å²) in [5, 5.41) is 6.00. The number of nitrogens with one attached hydrogen (secondary N) is 2. The fraction of sp³-hybridized carbons (Fsp3) is 0.130. The van der Waals surface area contributed by atoms with Gasteiger partial charge in [-0.1, -0.05) is 60.2 Å². The van der Waals surface area contributed by atoms with Gasteiger partial charge in [-0.15, -0.1) is 0 Å². The molecule has 0 aromatic heterocycles. The van der Waals surface area contributed by atoms with Crippen LogP contribution in [0, 0.1) is 6.92 Å². The highest BCUT2D eigenvalue weighted by molar-refractivity contribution is 6.22. The summed E-state index contributed by atoms with van der Waals surface area (Å²) in [6.07, 6.45) is 0. The van der Waals surface area contributed by atoms with Gasteiger partial charge in [0.1, 0.15) is 0 Å². The minimum atomic E-state index is -0.134. The highest BCUT2D eigenvalue weighted by Gasteiger charge is 2.26. The van der Waals surface area contributed by atoms with Crippen LogP contribution < -0.4 is 10.6 Å². The van der Waals surface area contributed by atoms with Crippen molar-refractivity contribution in [3.8, 4) is 11.1 Å². The standard InChI is InChI=1S/C23H20N2O2/c1-15-6-8-16(9-7-15)13-24-14-22(26)25-17-10-11-19-18-4-2-3-5-20(18)23(27)21(19)12-17/h2-12,24H,13-14H2,1H3,(H,25,26). The molecule has 4 heteroatoms. The Kier molecular flexibility index (Phi) is 4.57. The maximum Gasteiger partial charge on any atom is 0.238 e. The molecule has 1 amide bonds. The quantitative estimate of drug-likeness (QED) is 0.569. The monoisotopic (exact) mass is 356 g/mol. The van der Waals surface area contributed by atoms with E-state index in [4.69, 9.17) is 0 Å². The van der Waals surface area contributed by atoms with Gasteiger partial charge < -0.3 is 10.6 Å². The Balaban J connectivity index is 1.38. The summed E-state index contributed by atoms with van der Waals surface area (Å²) in [4.78, 5) is 24.8. The van der Waals surface area contributed by atoms with E-state index in [1.54, 1.807) is 6.07 Å². The number of ketones is 1. The van der Waals surface area contributed by atoms with Crippen molar-refractivity contribution in [2.75, 3.05) is 11.9 Å². The van der Waals surface area contributed by atoms with Crippen molar-refractivity contribution in [1.29, 1.82) is 0 Å². The molecule has 0 heterocycles. The largest absolute Gasteiger partial charge is 0.325 e. The van der Waals surface area contributed by atoms with Crippen LogP contribution >= 0.6 is 0 Å². The number of anilines is 1. The average molecular weight is 356 g/mol. The van der Waals surface area contributed by atoms with E-state index in [2.05, 4.69) is 22.8 Å². The number of hydrogen-bond donors (Lipinski definition) is 2. The highest BCUT2D eigenvalue weighted by Crippen LogP contribution is 2.37. The number of fused-ring (bicyclic) bond motifs is 3. The van der Waals surface area contributed by atoms with Crippen molar-refractivity contribution in [2.45, 2.75) is 13.5 Å². The van der Waals surface area contributed by atoms with E-state index in [-0.39, 0.29) is 18.2 Å². The molecule has 4 rings (SSSR count). The molecule has 0 fully saturated rings. The zero-order valence-corrected chi connectivity index (χ0v) is 15.1. The van der Waals surface area contributed by atoms with Gasteiger partial charge in [-0.05, 0) is 35.7 Å². The highest BCUT2D eigenvalue weighted by atomic mass is 16.2. The molecular formula is C23H20N2O2. The van der Waals surface area contributed by atoms with Crippen molar-refractivity contribution in [1.82, 2.24) is 5.32 Å². The first-order valence-electron chi connectivity index (χ1n) is 8.96. The van der Waals surface area contributed by atoms with E-state index in [9.17, 15) is 9.59 Å². The van der Waals surface area contributed by atoms with Crippen molar-refractivity contribution in [2.24, 2.45) is 0 Å². The molecule has 3 aromatic carbocycles. The van der Waals surface area contributed by atoms with E-state index in [1.165, 1.54) is 5.56 Å². The van der Waals surface area contributed by atoms with Gasteiger partial charge in [0.25, 0.3) is 0 Å². The zero-order chi connectivity index (χ0) is 18.8. The zero-order valence-electron chi connectivity index (χ0n) is 15.1. The Labute approximate surface area is 158 Å². The molecule has 134 valence electrons. The predicted molar refractivity (Wildman–Crippen MR) is 107 cm³/mol. The van der Waals surface area contributed by atoms with Crippen LogP contribution in [0.1, 0.15) is 27.0 Å². The maximum atomic E-state index is 12.6. The second-order valence-electron chi connectivity index (χ2n) is 6.77. The third kappa shape index (κ3) is 3.52. The predicted octanol–water partition coefficient (Wildman–Crippen LogP) is 3.93. The van der Waals surface area contributed by atoms with Crippen molar-refractivity contribution < 1.29 is 9.59 Å². The lowest BCUT2D eigenvalue weighted by Crippen LogP contribution is -2.27. The summed E-state index contributed by atoms with van der Waals surface area (Å²) in [5.74, 6) is -0.126. The number of aryl methyl sites for hydroxylation is 1. The number of carbonyl (C=O) groups excluding carboxylic acids is 2. The van der Waals surface area contributed by atoms with Crippen LogP contribution in [-0.4, -0.2) is 18.2 Å². The smallest absolute Gasteiger partial charge is 0.238 e. The van der Waals surface area contributed by atoms with Gasteiger partial charge >= 0.3 is 0 Å². The van der Waals surface area contributed by atoms with Gasteiger partial charge in [0, 0.05) is 23.4 Å². The second kappa shape index (κ2) is 7.17. The Morgan fingerprint density at radius 1 is 0.852 bits per heavy atom. The summed E-state index contributed by atoms with van der Waals surface area (Å²) in [5.41, 5.74) is 6.22. The lowest BCUT2D eigenvalue weighted by molar-refractivity contribution is -0.115. The summed E-state index contributed by atoms with van der Waals surface area (Å²) in [7, 11) is 0. The van der Waals surface area contributed by atoms with Crippen molar-refractivity contribution >= 4 is 17.4 Å². The first kappa shape index (κ1) is 17.2. The van der Waals surface area contributed by atoms with Crippen molar-refractivity contribution in [3.05, 3.63) is 89.0 Å². The minimum absolute atomic E-state index is 0.00851. The summed E-state index contributed by atoms with van der Waals surface area (Å²) in [6, 6.07) is 21.3. The third-order valence-corrected chi connectivity index (χ3v) is 4.75. The molecule has 0 bridgehead atoms. The minimum Gasteiger partial charge on any atom is -0.325 e. The molecule has 0 spiro atoms. The van der Waals surface area contributed by atoms with E-state index >= 15 is 0 Å². The van der Waals surface area contributed by atoms with Gasteiger partial charge in [0.05, 0.1) is 6.54 Å². The van der Waals surface area contributed by atoms with E-state index in [1.807, 2.05) is 55.5 Å². The molecule has 0 radical (unpaired) electrons. The van der Waals surface area contributed by atoms with Crippen LogP contribution in [0.5, 0.6) is 0 Å². The second-order valence-corrected chi connectivity index (χ2v) is 6.77. The molecule has 27 heavy (non-hydrogen) atoms. The van der Waals surface area contributed by atoms with Gasteiger partial charge in [0.15, 0.2) is 5.78 Å². The number of benzene rings is 3. The number of hydrogen-bond acceptors (Lipinski definition) is 3. The van der Waals surface area contributed by atoms with Crippen molar-refractivity contribution in [3.63, 3.8) is 0 Å². The molecule has 0 unspecified atom stereocenters. The molecule has 1 aliphatic rings. The van der Waals surface area contributed by atoms with E-state index in [0.717, 1.165) is 22.3 Å². The number of carbonyl (C=O) groups is 2. The lowest BCUT2D eigenvalue weighted by Gasteiger charge is -2.08. The SMILES string of the molecule is Cc1ccc(CNCC(=O)Nc2ccc3c(c2)C(=O)c2ccccc2-3)cc1. The lowest BCUT2D eigenvalue weighted by atomic mass is 10.1. The first-order valence-corrected chi connectivity index (χ1v) is 8.96. The Hall–Kier alpha value is -3.24. The van der Waals surface area contributed by atoms with Crippen LogP contribution in [0.25, 0.3) is 11.1 Å². The van der Waals surface area contributed by atoms with Crippen LogP contribution in [0.2, 0.25) is 0 Å². The van der Waals surface area contributed by atoms with Crippen LogP contribution in [-0.2, 0) is 11.3 Å². The normalized spacial score (nSPS) is 11.8. The summed E-state index contributed by atoms with van der Waals surface area (Å²) in [6.45, 7) is 2.88. The van der Waals surface area contributed by atoms with Gasteiger partial charge in [-0.25, -0.2) is 0 Å². The van der Waals surface area contributed by atoms with E-state index < -0.39 is 0 Å². The molecule has 1 aliphatic carbocycles. The van der Waals surface area contributed by atoms with Gasteiger partial charge in [0.2, 0.25) is 5.91 Å². The number of rotatable bonds is 5. The summed E-state index contributed by atoms with van der Waals surface area (Å²) < 4.78 is 0. The van der Waals surface area contributed by atoms with Crippen LogP contribution in [0.15, 0.2) is 66.7 Å². The molecular weight excluding hydrogens is 336 g/mol. The molecule has 0 atom stereocenters. The molecule has 2 N–H and O–H groups in total. The number of amides is 1. The Morgan fingerprint density at radius 3 is 2.33 bits per heavy atom. The molecule has 0 aliphatic heterocycles.